The molecular formula is C18H27BO2. The van der Waals surface area contributed by atoms with Gasteiger partial charge in [0.05, 0.1) is 13.2 Å². The molecule has 2 unspecified atom stereocenters. The van der Waals surface area contributed by atoms with Crippen molar-refractivity contribution < 1.29 is 9.47 Å². The highest BCUT2D eigenvalue weighted by molar-refractivity contribution is 6.63. The maximum absolute atomic E-state index is 6.23. The Bertz CT molecular complexity index is 431. The average molecular weight is 286 g/mol. The van der Waals surface area contributed by atoms with Crippen LogP contribution in [0.1, 0.15) is 45.4 Å². The second-order valence-electron chi connectivity index (χ2n) is 6.79. The lowest BCUT2D eigenvalue weighted by Gasteiger charge is -2.33. The van der Waals surface area contributed by atoms with E-state index in [2.05, 4.69) is 6.92 Å². The molecule has 0 N–H and O–H groups in total. The fourth-order valence-corrected chi connectivity index (χ4v) is 4.45. The van der Waals surface area contributed by atoms with Crippen LogP contribution >= 0.6 is 0 Å². The minimum atomic E-state index is 0.425. The number of methoxy groups -OCH3 is 1. The summed E-state index contributed by atoms with van der Waals surface area (Å²) < 4.78 is 11.4. The van der Waals surface area contributed by atoms with Crippen molar-refractivity contribution in [1.29, 1.82) is 0 Å². The molecule has 1 aromatic carbocycles. The Balaban J connectivity index is 1.57. The summed E-state index contributed by atoms with van der Waals surface area (Å²) in [6.45, 7) is 3.29. The third-order valence-corrected chi connectivity index (χ3v) is 5.50. The van der Waals surface area contributed by atoms with Crippen LogP contribution in [0.2, 0.25) is 18.0 Å². The van der Waals surface area contributed by atoms with E-state index in [0.717, 1.165) is 29.8 Å². The van der Waals surface area contributed by atoms with Gasteiger partial charge < -0.3 is 9.47 Å². The van der Waals surface area contributed by atoms with Gasteiger partial charge in [0, 0.05) is 0 Å². The molecule has 2 saturated heterocycles. The zero-order valence-electron chi connectivity index (χ0n) is 13.4. The molecule has 2 aliphatic rings. The van der Waals surface area contributed by atoms with Crippen molar-refractivity contribution in [2.75, 3.05) is 7.11 Å². The van der Waals surface area contributed by atoms with E-state index < -0.39 is 0 Å². The summed E-state index contributed by atoms with van der Waals surface area (Å²) >= 11 is 0. The third kappa shape index (κ3) is 3.38. The van der Waals surface area contributed by atoms with Gasteiger partial charge in [0.1, 0.15) is 18.2 Å². The van der Waals surface area contributed by atoms with Gasteiger partial charge in [-0.15, -0.1) is 0 Å². The molecule has 2 bridgehead atoms. The van der Waals surface area contributed by atoms with Gasteiger partial charge in [-0.3, -0.25) is 0 Å². The van der Waals surface area contributed by atoms with E-state index in [-0.39, 0.29) is 0 Å². The Morgan fingerprint density at radius 2 is 1.67 bits per heavy atom. The normalized spacial score (nSPS) is 27.7. The summed E-state index contributed by atoms with van der Waals surface area (Å²) in [5.74, 6) is 3.72. The second-order valence-corrected chi connectivity index (χ2v) is 6.79. The van der Waals surface area contributed by atoms with E-state index >= 15 is 0 Å². The van der Waals surface area contributed by atoms with Crippen LogP contribution in [0.4, 0.5) is 0 Å². The van der Waals surface area contributed by atoms with Gasteiger partial charge in [0.15, 0.2) is 0 Å². The highest BCUT2D eigenvalue weighted by Crippen LogP contribution is 2.51. The molecule has 2 atom stereocenters. The summed E-state index contributed by atoms with van der Waals surface area (Å²) in [5, 5.41) is 0. The van der Waals surface area contributed by atoms with E-state index in [1.807, 2.05) is 24.3 Å². The molecule has 3 rings (SSSR count). The monoisotopic (exact) mass is 286 g/mol. The largest absolute Gasteiger partial charge is 0.497 e. The Morgan fingerprint density at radius 1 is 1.05 bits per heavy atom. The van der Waals surface area contributed by atoms with Crippen molar-refractivity contribution in [3.63, 3.8) is 0 Å². The quantitative estimate of drug-likeness (QED) is 0.680. The number of ether oxygens (including phenoxy) is 2. The Morgan fingerprint density at radius 3 is 2.24 bits per heavy atom. The van der Waals surface area contributed by atoms with Crippen molar-refractivity contribution in [2.45, 2.75) is 69.5 Å². The zero-order valence-corrected chi connectivity index (χ0v) is 13.4. The van der Waals surface area contributed by atoms with Gasteiger partial charge in [-0.1, -0.05) is 50.6 Å². The van der Waals surface area contributed by atoms with Crippen LogP contribution in [-0.4, -0.2) is 19.9 Å². The van der Waals surface area contributed by atoms with Crippen molar-refractivity contribution in [1.82, 2.24) is 0 Å². The molecule has 2 fully saturated rings. The topological polar surface area (TPSA) is 18.5 Å². The number of benzene rings is 1. The van der Waals surface area contributed by atoms with Crippen LogP contribution in [0, 0.1) is 0 Å². The minimum absolute atomic E-state index is 0.425. The van der Waals surface area contributed by atoms with E-state index in [4.69, 9.17) is 9.47 Å². The molecule has 2 nitrogen and oxygen atoms in total. The first-order valence-electron chi connectivity index (χ1n) is 8.61. The van der Waals surface area contributed by atoms with Crippen molar-refractivity contribution in [3.05, 3.63) is 24.3 Å². The molecule has 2 heterocycles. The van der Waals surface area contributed by atoms with Gasteiger partial charge >= 0.3 is 0 Å². The molecule has 0 radical (unpaired) electrons. The fraction of sp³-hybridized carbons (Fsp3) is 0.667. The lowest BCUT2D eigenvalue weighted by atomic mass is 9.32. The van der Waals surface area contributed by atoms with Crippen molar-refractivity contribution >= 4 is 6.71 Å². The third-order valence-electron chi connectivity index (χ3n) is 5.50. The lowest BCUT2D eigenvalue weighted by molar-refractivity contribution is 0.175. The van der Waals surface area contributed by atoms with E-state index in [1.165, 1.54) is 44.8 Å². The number of rotatable bonds is 6. The lowest BCUT2D eigenvalue weighted by Crippen LogP contribution is -2.34. The molecule has 21 heavy (non-hydrogen) atoms. The molecule has 0 aromatic heterocycles. The van der Waals surface area contributed by atoms with Crippen LogP contribution in [-0.2, 0) is 0 Å². The summed E-state index contributed by atoms with van der Waals surface area (Å²) in [7, 11) is 1.70. The minimum Gasteiger partial charge on any atom is -0.497 e. The van der Waals surface area contributed by atoms with E-state index in [0.29, 0.717) is 6.10 Å². The highest BCUT2D eigenvalue weighted by atomic mass is 16.5. The highest BCUT2D eigenvalue weighted by Gasteiger charge is 2.44. The van der Waals surface area contributed by atoms with Gasteiger partial charge in [0.25, 0.3) is 0 Å². The standard InChI is InChI=1S/C18H27BO2/c1-3-4-11-19-14-5-6-15(19)13-18(12-14)21-17-9-7-16(20-2)8-10-17/h7-10,14-15,18H,3-6,11-13H2,1-2H3. The molecule has 1 aromatic rings. The van der Waals surface area contributed by atoms with Crippen LogP contribution in [0.5, 0.6) is 11.5 Å². The first kappa shape index (κ1) is 14.8. The number of fused-ring (bicyclic) bond motifs is 2. The molecule has 0 aliphatic carbocycles. The Labute approximate surface area is 129 Å². The fourth-order valence-electron chi connectivity index (χ4n) is 4.45. The first-order valence-corrected chi connectivity index (χ1v) is 8.61. The molecule has 3 heteroatoms. The smallest absolute Gasteiger partial charge is 0.146 e. The Kier molecular flexibility index (Phi) is 4.77. The SMILES string of the molecule is CCCCB1C2CCC1CC(Oc1ccc(OC)cc1)C2. The second kappa shape index (κ2) is 6.76. The predicted octanol–water partition coefficient (Wildman–Crippen LogP) is 5.07. The van der Waals surface area contributed by atoms with E-state index in [1.54, 1.807) is 7.11 Å². The van der Waals surface area contributed by atoms with Crippen LogP contribution < -0.4 is 9.47 Å². The summed E-state index contributed by atoms with van der Waals surface area (Å²) in [5.41, 5.74) is 0. The molecule has 0 spiro atoms. The predicted molar refractivity (Wildman–Crippen MR) is 88.8 cm³/mol. The average Bonchev–Trinajstić information content (AvgIpc) is 2.75. The van der Waals surface area contributed by atoms with Crippen LogP contribution in [0.15, 0.2) is 24.3 Å². The van der Waals surface area contributed by atoms with Gasteiger partial charge in [-0.2, -0.15) is 0 Å². The van der Waals surface area contributed by atoms with Gasteiger partial charge in [0.2, 0.25) is 0 Å². The first-order chi connectivity index (χ1) is 10.3. The van der Waals surface area contributed by atoms with Crippen molar-refractivity contribution in [2.24, 2.45) is 0 Å². The summed E-state index contributed by atoms with van der Waals surface area (Å²) in [4.78, 5) is 0. The van der Waals surface area contributed by atoms with Crippen molar-refractivity contribution in [3.8, 4) is 11.5 Å². The van der Waals surface area contributed by atoms with Crippen LogP contribution in [0.3, 0.4) is 0 Å². The van der Waals surface area contributed by atoms with Gasteiger partial charge in [-0.05, 0) is 37.1 Å². The molecule has 2 aliphatic heterocycles. The van der Waals surface area contributed by atoms with Crippen LogP contribution in [0.25, 0.3) is 0 Å². The molecular weight excluding hydrogens is 259 g/mol. The maximum atomic E-state index is 6.23. The number of unbranched alkanes of at least 4 members (excludes halogenated alkanes) is 1. The maximum Gasteiger partial charge on any atom is 0.146 e. The zero-order chi connectivity index (χ0) is 14.7. The number of hydrogen-bond donors (Lipinski definition) is 0. The molecule has 0 amide bonds. The molecule has 114 valence electrons. The molecule has 0 saturated carbocycles. The summed E-state index contributed by atoms with van der Waals surface area (Å²) in [6, 6.07) is 8.03. The number of hydrogen-bond acceptors (Lipinski definition) is 2. The van der Waals surface area contributed by atoms with E-state index in [9.17, 15) is 0 Å². The van der Waals surface area contributed by atoms with Gasteiger partial charge in [-0.25, -0.2) is 0 Å². The Hall–Kier alpha value is -1.12. The summed E-state index contributed by atoms with van der Waals surface area (Å²) in [6.07, 6.45) is 10.00.